The molecule has 70 valence electrons. The van der Waals surface area contributed by atoms with Gasteiger partial charge in [-0.3, -0.25) is 0 Å². The molecule has 1 fully saturated rings. The maximum Gasteiger partial charge on any atom is 0.162 e. The lowest BCUT2D eigenvalue weighted by Crippen LogP contribution is -2.12. The summed E-state index contributed by atoms with van der Waals surface area (Å²) in [7, 11) is 0. The minimum atomic E-state index is -0.0441. The topological polar surface area (TPSA) is 18.5 Å². The zero-order valence-corrected chi connectivity index (χ0v) is 7.77. The summed E-state index contributed by atoms with van der Waals surface area (Å²) in [6.45, 7) is 2.75. The van der Waals surface area contributed by atoms with Crippen LogP contribution in [0.2, 0.25) is 0 Å². The van der Waals surface area contributed by atoms with Crippen LogP contribution in [0.4, 0.5) is 0 Å². The number of ether oxygens (including phenoxy) is 2. The normalized spacial score (nSPS) is 27.8. The molecule has 1 heterocycles. The Morgan fingerprint density at radius 1 is 1.31 bits per heavy atom. The highest BCUT2D eigenvalue weighted by molar-refractivity contribution is 5.15. The van der Waals surface area contributed by atoms with Gasteiger partial charge in [0.1, 0.15) is 0 Å². The quantitative estimate of drug-likeness (QED) is 0.689. The largest absolute Gasteiger partial charge is 0.350 e. The second-order valence-corrected chi connectivity index (χ2v) is 3.40. The van der Waals surface area contributed by atoms with Gasteiger partial charge in [-0.05, 0) is 12.5 Å². The Kier molecular flexibility index (Phi) is 2.62. The molecule has 2 heteroatoms. The summed E-state index contributed by atoms with van der Waals surface area (Å²) >= 11 is 0. The highest BCUT2D eigenvalue weighted by atomic mass is 16.7. The fourth-order valence-electron chi connectivity index (χ4n) is 1.49. The Bertz CT molecular complexity index is 258. The highest BCUT2D eigenvalue weighted by Gasteiger charge is 2.22. The lowest BCUT2D eigenvalue weighted by atomic mass is 10.1. The molecule has 1 saturated heterocycles. The molecule has 1 aliphatic rings. The van der Waals surface area contributed by atoms with Crippen molar-refractivity contribution in [1.29, 1.82) is 0 Å². The molecule has 0 radical (unpaired) electrons. The highest BCUT2D eigenvalue weighted by Crippen LogP contribution is 2.15. The maximum absolute atomic E-state index is 5.54. The van der Waals surface area contributed by atoms with E-state index in [-0.39, 0.29) is 12.4 Å². The zero-order valence-electron chi connectivity index (χ0n) is 7.77. The number of hydrogen-bond acceptors (Lipinski definition) is 2. The molecule has 13 heavy (non-hydrogen) atoms. The van der Waals surface area contributed by atoms with Crippen molar-refractivity contribution in [2.75, 3.05) is 6.61 Å². The molecule has 0 aliphatic carbocycles. The van der Waals surface area contributed by atoms with Crippen LogP contribution in [0.1, 0.15) is 12.5 Å². The molecule has 2 rings (SSSR count). The van der Waals surface area contributed by atoms with E-state index >= 15 is 0 Å². The zero-order chi connectivity index (χ0) is 9.10. The number of benzene rings is 1. The van der Waals surface area contributed by atoms with E-state index in [0.717, 1.165) is 13.0 Å². The van der Waals surface area contributed by atoms with Crippen LogP contribution in [0.25, 0.3) is 0 Å². The monoisotopic (exact) mass is 178 g/mol. The van der Waals surface area contributed by atoms with E-state index in [2.05, 4.69) is 12.1 Å². The molecule has 2 nitrogen and oxygen atoms in total. The van der Waals surface area contributed by atoms with E-state index in [1.807, 2.05) is 25.1 Å². The standard InChI is InChI=1S/C11H14O2/c1-9-8-12-11(13-9)7-10-5-3-2-4-6-10/h2-6,9,11H,7-8H2,1H3/t9-,11-/m0/s1. The smallest absolute Gasteiger partial charge is 0.162 e. The van der Waals surface area contributed by atoms with Crippen molar-refractivity contribution in [2.24, 2.45) is 0 Å². The minimum absolute atomic E-state index is 0.0441. The maximum atomic E-state index is 5.54. The Morgan fingerprint density at radius 3 is 2.69 bits per heavy atom. The third-order valence-electron chi connectivity index (χ3n) is 2.15. The molecule has 0 saturated carbocycles. The van der Waals surface area contributed by atoms with E-state index in [1.54, 1.807) is 0 Å². The molecule has 1 aliphatic heterocycles. The summed E-state index contributed by atoms with van der Waals surface area (Å²) in [6.07, 6.45) is 1.05. The first-order valence-corrected chi connectivity index (χ1v) is 4.65. The van der Waals surface area contributed by atoms with Gasteiger partial charge in [0.15, 0.2) is 6.29 Å². The van der Waals surface area contributed by atoms with Gasteiger partial charge in [-0.1, -0.05) is 30.3 Å². The van der Waals surface area contributed by atoms with Gasteiger partial charge >= 0.3 is 0 Å². The van der Waals surface area contributed by atoms with Crippen molar-refractivity contribution in [3.05, 3.63) is 35.9 Å². The Morgan fingerprint density at radius 2 is 2.08 bits per heavy atom. The van der Waals surface area contributed by atoms with E-state index < -0.39 is 0 Å². The molecule has 1 aromatic carbocycles. The fourth-order valence-corrected chi connectivity index (χ4v) is 1.49. The Hall–Kier alpha value is -0.860. The van der Waals surface area contributed by atoms with Crippen molar-refractivity contribution in [1.82, 2.24) is 0 Å². The van der Waals surface area contributed by atoms with Crippen LogP contribution >= 0.6 is 0 Å². The molecule has 0 unspecified atom stereocenters. The fraction of sp³-hybridized carbons (Fsp3) is 0.455. The molecule has 0 bridgehead atoms. The summed E-state index contributed by atoms with van der Waals surface area (Å²) in [5.74, 6) is 0. The summed E-state index contributed by atoms with van der Waals surface area (Å²) in [4.78, 5) is 0. The number of rotatable bonds is 2. The molecule has 0 aromatic heterocycles. The SMILES string of the molecule is C[C@H]1CO[C@H](Cc2ccccc2)O1. The van der Waals surface area contributed by atoms with E-state index in [9.17, 15) is 0 Å². The first-order chi connectivity index (χ1) is 6.34. The Labute approximate surface area is 78.5 Å². The van der Waals surface area contributed by atoms with E-state index in [4.69, 9.17) is 9.47 Å². The molecular formula is C11H14O2. The summed E-state index contributed by atoms with van der Waals surface area (Å²) in [5.41, 5.74) is 1.27. The van der Waals surface area contributed by atoms with Crippen LogP contribution in [-0.2, 0) is 15.9 Å². The average molecular weight is 178 g/mol. The lowest BCUT2D eigenvalue weighted by Gasteiger charge is -2.09. The van der Waals surface area contributed by atoms with Gasteiger partial charge < -0.3 is 9.47 Å². The molecular weight excluding hydrogens is 164 g/mol. The van der Waals surface area contributed by atoms with Crippen LogP contribution in [0.5, 0.6) is 0 Å². The molecule has 0 spiro atoms. The van der Waals surface area contributed by atoms with Gasteiger partial charge in [-0.2, -0.15) is 0 Å². The second-order valence-electron chi connectivity index (χ2n) is 3.40. The summed E-state index contributed by atoms with van der Waals surface area (Å²) in [6, 6.07) is 10.3. The second kappa shape index (κ2) is 3.90. The van der Waals surface area contributed by atoms with Gasteiger partial charge in [0.2, 0.25) is 0 Å². The van der Waals surface area contributed by atoms with Crippen molar-refractivity contribution >= 4 is 0 Å². The van der Waals surface area contributed by atoms with E-state index in [1.165, 1.54) is 5.56 Å². The molecule has 0 N–H and O–H groups in total. The average Bonchev–Trinajstić information content (AvgIpc) is 2.53. The van der Waals surface area contributed by atoms with Crippen LogP contribution in [-0.4, -0.2) is 19.0 Å². The van der Waals surface area contributed by atoms with Gasteiger partial charge in [0.25, 0.3) is 0 Å². The van der Waals surface area contributed by atoms with Crippen molar-refractivity contribution in [2.45, 2.75) is 25.7 Å². The van der Waals surface area contributed by atoms with E-state index in [0.29, 0.717) is 0 Å². The molecule has 2 atom stereocenters. The predicted octanol–water partition coefficient (Wildman–Crippen LogP) is 1.99. The summed E-state index contributed by atoms with van der Waals surface area (Å²) in [5, 5.41) is 0. The first kappa shape index (κ1) is 8.73. The van der Waals surface area contributed by atoms with Gasteiger partial charge in [0.05, 0.1) is 12.7 Å². The van der Waals surface area contributed by atoms with Crippen LogP contribution in [0, 0.1) is 0 Å². The van der Waals surface area contributed by atoms with Gasteiger partial charge in [0, 0.05) is 6.42 Å². The van der Waals surface area contributed by atoms with Crippen molar-refractivity contribution < 1.29 is 9.47 Å². The van der Waals surface area contributed by atoms with Crippen molar-refractivity contribution in [3.8, 4) is 0 Å². The lowest BCUT2D eigenvalue weighted by molar-refractivity contribution is -0.0528. The minimum Gasteiger partial charge on any atom is -0.350 e. The summed E-state index contributed by atoms with van der Waals surface area (Å²) < 4.78 is 11.0. The third kappa shape index (κ3) is 2.29. The van der Waals surface area contributed by atoms with Gasteiger partial charge in [-0.15, -0.1) is 0 Å². The molecule has 0 amide bonds. The predicted molar refractivity (Wildman–Crippen MR) is 50.4 cm³/mol. The third-order valence-corrected chi connectivity index (χ3v) is 2.15. The molecule has 1 aromatic rings. The van der Waals surface area contributed by atoms with Crippen LogP contribution in [0.3, 0.4) is 0 Å². The number of hydrogen-bond donors (Lipinski definition) is 0. The van der Waals surface area contributed by atoms with Gasteiger partial charge in [-0.25, -0.2) is 0 Å². The van der Waals surface area contributed by atoms with Crippen LogP contribution < -0.4 is 0 Å². The van der Waals surface area contributed by atoms with Crippen molar-refractivity contribution in [3.63, 3.8) is 0 Å². The van der Waals surface area contributed by atoms with Crippen LogP contribution in [0.15, 0.2) is 30.3 Å². The Balaban J connectivity index is 1.92. The first-order valence-electron chi connectivity index (χ1n) is 4.65.